The van der Waals surface area contributed by atoms with E-state index in [4.69, 9.17) is 30.5 Å². The van der Waals surface area contributed by atoms with Gasteiger partial charge in [-0.25, -0.2) is 0 Å². The topological polar surface area (TPSA) is 78.1 Å². The van der Waals surface area contributed by atoms with Crippen LogP contribution in [-0.2, 0) is 17.8 Å². The number of methoxy groups -OCH3 is 2. The molecule has 192 valence electrons. The first-order valence-corrected chi connectivity index (χ1v) is 12.2. The van der Waals surface area contributed by atoms with Crippen LogP contribution < -0.4 is 29.6 Å². The van der Waals surface area contributed by atoms with E-state index in [-0.39, 0.29) is 12.5 Å². The summed E-state index contributed by atoms with van der Waals surface area (Å²) in [6, 6.07) is 17.0. The molecule has 0 unspecified atom stereocenters. The standard InChI is InChI=1S/C28H33ClN2O5/c1-5-35-26-15-21(17-30-13-12-20-8-11-24(33-3)25(14-20)34-4)23(29)16-27(26)36-18-28(32)31-22-9-6-19(2)7-10-22/h6-11,14-16,30H,5,12-13,17-18H2,1-4H3,(H,31,32). The van der Waals surface area contributed by atoms with E-state index >= 15 is 0 Å². The van der Waals surface area contributed by atoms with E-state index in [0.29, 0.717) is 46.9 Å². The van der Waals surface area contributed by atoms with Crippen LogP contribution in [0, 0.1) is 6.92 Å². The Morgan fingerprint density at radius 2 is 1.61 bits per heavy atom. The van der Waals surface area contributed by atoms with E-state index in [2.05, 4.69) is 10.6 Å². The number of aryl methyl sites for hydroxylation is 1. The van der Waals surface area contributed by atoms with Crippen LogP contribution in [0.4, 0.5) is 5.69 Å². The Hall–Kier alpha value is -3.42. The summed E-state index contributed by atoms with van der Waals surface area (Å²) < 4.78 is 22.2. The van der Waals surface area contributed by atoms with Gasteiger partial charge in [0.25, 0.3) is 5.91 Å². The number of amides is 1. The predicted octanol–water partition coefficient (Wildman–Crippen LogP) is 5.41. The van der Waals surface area contributed by atoms with Gasteiger partial charge in [-0.15, -0.1) is 0 Å². The molecule has 0 atom stereocenters. The van der Waals surface area contributed by atoms with Crippen LogP contribution in [0.2, 0.25) is 5.02 Å². The molecule has 0 saturated heterocycles. The average molecular weight is 513 g/mol. The SMILES string of the molecule is CCOc1cc(CNCCc2ccc(OC)c(OC)c2)c(Cl)cc1OCC(=O)Nc1ccc(C)cc1. The van der Waals surface area contributed by atoms with E-state index in [1.807, 2.05) is 62.4 Å². The second-order valence-corrected chi connectivity index (χ2v) is 8.55. The van der Waals surface area contributed by atoms with Gasteiger partial charge in [0.1, 0.15) is 0 Å². The second-order valence-electron chi connectivity index (χ2n) is 8.14. The molecule has 0 fully saturated rings. The van der Waals surface area contributed by atoms with Crippen LogP contribution in [-0.4, -0.2) is 39.9 Å². The summed E-state index contributed by atoms with van der Waals surface area (Å²) in [5, 5.41) is 6.76. The molecule has 3 aromatic carbocycles. The van der Waals surface area contributed by atoms with Gasteiger partial charge >= 0.3 is 0 Å². The van der Waals surface area contributed by atoms with Crippen molar-refractivity contribution in [2.75, 3.05) is 39.3 Å². The lowest BCUT2D eigenvalue weighted by Crippen LogP contribution is -2.20. The van der Waals surface area contributed by atoms with Gasteiger partial charge in [-0.05, 0) is 68.3 Å². The zero-order valence-corrected chi connectivity index (χ0v) is 21.9. The van der Waals surface area contributed by atoms with Crippen LogP contribution in [0.15, 0.2) is 54.6 Å². The number of benzene rings is 3. The highest BCUT2D eigenvalue weighted by Gasteiger charge is 2.13. The molecule has 36 heavy (non-hydrogen) atoms. The van der Waals surface area contributed by atoms with E-state index in [1.165, 1.54) is 0 Å². The maximum absolute atomic E-state index is 12.3. The summed E-state index contributed by atoms with van der Waals surface area (Å²) >= 11 is 6.52. The lowest BCUT2D eigenvalue weighted by atomic mass is 10.1. The van der Waals surface area contributed by atoms with Gasteiger partial charge in [-0.3, -0.25) is 4.79 Å². The van der Waals surface area contributed by atoms with Gasteiger partial charge in [0.15, 0.2) is 29.6 Å². The first kappa shape index (κ1) is 27.2. The Balaban J connectivity index is 1.56. The fourth-order valence-corrected chi connectivity index (χ4v) is 3.78. The highest BCUT2D eigenvalue weighted by atomic mass is 35.5. The molecule has 1 amide bonds. The zero-order chi connectivity index (χ0) is 25.9. The number of rotatable bonds is 13. The average Bonchev–Trinajstić information content (AvgIpc) is 2.88. The normalized spacial score (nSPS) is 10.6. The summed E-state index contributed by atoms with van der Waals surface area (Å²) in [4.78, 5) is 12.3. The van der Waals surface area contributed by atoms with Crippen molar-refractivity contribution in [2.24, 2.45) is 0 Å². The smallest absolute Gasteiger partial charge is 0.262 e. The minimum Gasteiger partial charge on any atom is -0.493 e. The van der Waals surface area contributed by atoms with Crippen LogP contribution in [0.3, 0.4) is 0 Å². The third kappa shape index (κ3) is 7.80. The predicted molar refractivity (Wildman–Crippen MR) is 143 cm³/mol. The largest absolute Gasteiger partial charge is 0.493 e. The summed E-state index contributed by atoms with van der Waals surface area (Å²) in [7, 11) is 3.25. The molecule has 3 aromatic rings. The Labute approximate surface area is 217 Å². The molecule has 0 aliphatic rings. The summed E-state index contributed by atoms with van der Waals surface area (Å²) in [5.74, 6) is 2.12. The first-order valence-electron chi connectivity index (χ1n) is 11.8. The third-order valence-electron chi connectivity index (χ3n) is 5.46. The van der Waals surface area contributed by atoms with Crippen molar-refractivity contribution < 1.29 is 23.7 Å². The van der Waals surface area contributed by atoms with Crippen molar-refractivity contribution in [3.8, 4) is 23.0 Å². The van der Waals surface area contributed by atoms with Gasteiger partial charge in [0, 0.05) is 23.3 Å². The maximum atomic E-state index is 12.3. The number of carbonyl (C=O) groups excluding carboxylic acids is 1. The van der Waals surface area contributed by atoms with Gasteiger partial charge < -0.3 is 29.6 Å². The van der Waals surface area contributed by atoms with Gasteiger partial charge in [-0.1, -0.05) is 35.4 Å². The molecule has 0 saturated carbocycles. The van der Waals surface area contributed by atoms with Crippen molar-refractivity contribution in [3.05, 3.63) is 76.3 Å². The molecule has 0 aromatic heterocycles. The summed E-state index contributed by atoms with van der Waals surface area (Å²) in [6.45, 7) is 5.48. The lowest BCUT2D eigenvalue weighted by Gasteiger charge is -2.15. The number of hydrogen-bond donors (Lipinski definition) is 2. The fourth-order valence-electron chi connectivity index (χ4n) is 3.56. The molecule has 0 heterocycles. The summed E-state index contributed by atoms with van der Waals surface area (Å²) in [5.41, 5.74) is 3.85. The van der Waals surface area contributed by atoms with E-state index in [0.717, 1.165) is 29.7 Å². The van der Waals surface area contributed by atoms with Crippen molar-refractivity contribution in [2.45, 2.75) is 26.8 Å². The van der Waals surface area contributed by atoms with Crippen LogP contribution in [0.1, 0.15) is 23.6 Å². The number of hydrogen-bond acceptors (Lipinski definition) is 6. The number of anilines is 1. The van der Waals surface area contributed by atoms with Crippen molar-refractivity contribution in [3.63, 3.8) is 0 Å². The molecule has 0 aliphatic carbocycles. The third-order valence-corrected chi connectivity index (χ3v) is 5.81. The zero-order valence-electron chi connectivity index (χ0n) is 21.2. The first-order chi connectivity index (χ1) is 17.4. The fraction of sp³-hybridized carbons (Fsp3) is 0.321. The molecule has 2 N–H and O–H groups in total. The maximum Gasteiger partial charge on any atom is 0.262 e. The molecule has 0 spiro atoms. The molecule has 8 heteroatoms. The minimum absolute atomic E-state index is 0.160. The van der Waals surface area contributed by atoms with Gasteiger partial charge in [0.05, 0.1) is 20.8 Å². The highest BCUT2D eigenvalue weighted by Crippen LogP contribution is 2.34. The van der Waals surface area contributed by atoms with Crippen LogP contribution in [0.25, 0.3) is 0 Å². The number of carbonyl (C=O) groups is 1. The van der Waals surface area contributed by atoms with Crippen molar-refractivity contribution in [1.29, 1.82) is 0 Å². The van der Waals surface area contributed by atoms with Crippen molar-refractivity contribution in [1.82, 2.24) is 5.32 Å². The Kier molecular flexibility index (Phi) is 10.3. The molecule has 7 nitrogen and oxygen atoms in total. The Morgan fingerprint density at radius 3 is 2.31 bits per heavy atom. The van der Waals surface area contributed by atoms with Crippen LogP contribution in [0.5, 0.6) is 23.0 Å². The highest BCUT2D eigenvalue weighted by molar-refractivity contribution is 6.31. The van der Waals surface area contributed by atoms with E-state index < -0.39 is 0 Å². The lowest BCUT2D eigenvalue weighted by molar-refractivity contribution is -0.118. The van der Waals surface area contributed by atoms with Crippen molar-refractivity contribution >= 4 is 23.2 Å². The quantitative estimate of drug-likeness (QED) is 0.298. The van der Waals surface area contributed by atoms with E-state index in [1.54, 1.807) is 20.3 Å². The van der Waals surface area contributed by atoms with Gasteiger partial charge in [0.2, 0.25) is 0 Å². The molecule has 0 radical (unpaired) electrons. The molecule has 0 aliphatic heterocycles. The molecule has 0 bridgehead atoms. The van der Waals surface area contributed by atoms with Gasteiger partial charge in [-0.2, -0.15) is 0 Å². The molecule has 3 rings (SSSR count). The number of nitrogens with one attached hydrogen (secondary N) is 2. The Morgan fingerprint density at radius 1 is 0.889 bits per heavy atom. The van der Waals surface area contributed by atoms with Crippen LogP contribution >= 0.6 is 11.6 Å². The summed E-state index contributed by atoms with van der Waals surface area (Å²) in [6.07, 6.45) is 0.813. The number of halogens is 1. The van der Waals surface area contributed by atoms with E-state index in [9.17, 15) is 4.79 Å². The monoisotopic (exact) mass is 512 g/mol. The minimum atomic E-state index is -0.265. The molecular weight excluding hydrogens is 480 g/mol. The second kappa shape index (κ2) is 13.6. The number of ether oxygens (including phenoxy) is 4. The Bertz CT molecular complexity index is 1150. The molecular formula is C28H33ClN2O5.